The molecule has 142 valence electrons. The maximum atomic E-state index is 12.5. The molecule has 28 heavy (non-hydrogen) atoms. The predicted octanol–water partition coefficient (Wildman–Crippen LogP) is 2.64. The Morgan fingerprint density at radius 2 is 2.18 bits per heavy atom. The largest absolute Gasteiger partial charge is 0.495 e. The minimum atomic E-state index is -1.02. The van der Waals surface area contributed by atoms with Crippen LogP contribution in [0.2, 0.25) is 0 Å². The number of anilines is 1. The standard InChI is InChI=1S/C19H15N3O6/c1-28-16-8-9-20-14(16)10-12-18-11(4-2-3-5-17(23)24)15(22(26)27)7-6-13(18)21-19(12)25/h6-10,20H,3,5H2,1H3,(H,21,25)(H,23,24)/b12-10-. The van der Waals surface area contributed by atoms with Gasteiger partial charge in [0.25, 0.3) is 11.6 Å². The Morgan fingerprint density at radius 1 is 1.39 bits per heavy atom. The lowest BCUT2D eigenvalue weighted by Crippen LogP contribution is -2.03. The summed E-state index contributed by atoms with van der Waals surface area (Å²) in [7, 11) is 1.48. The molecule has 0 fully saturated rings. The molecule has 9 nitrogen and oxygen atoms in total. The molecule has 0 unspecified atom stereocenters. The third-order valence-electron chi connectivity index (χ3n) is 4.07. The SMILES string of the molecule is COc1cc[nH]c1/C=C1\C(=O)Nc2ccc([N+](=O)[O-])c(C#CCCC(=O)O)c21. The number of rotatable bonds is 5. The van der Waals surface area contributed by atoms with E-state index >= 15 is 0 Å². The van der Waals surface area contributed by atoms with Crippen LogP contribution in [0.4, 0.5) is 11.4 Å². The molecule has 0 saturated carbocycles. The Kier molecular flexibility index (Phi) is 5.13. The number of ether oxygens (including phenoxy) is 1. The van der Waals surface area contributed by atoms with Crippen LogP contribution in [0, 0.1) is 22.0 Å². The first-order chi connectivity index (χ1) is 13.4. The Morgan fingerprint density at radius 3 is 2.86 bits per heavy atom. The fourth-order valence-corrected chi connectivity index (χ4v) is 2.82. The molecule has 1 aromatic heterocycles. The van der Waals surface area contributed by atoms with Gasteiger partial charge in [0, 0.05) is 24.2 Å². The third-order valence-corrected chi connectivity index (χ3v) is 4.07. The molecule has 3 N–H and O–H groups in total. The van der Waals surface area contributed by atoms with Gasteiger partial charge in [-0.1, -0.05) is 11.8 Å². The van der Waals surface area contributed by atoms with Crippen molar-refractivity contribution < 1.29 is 24.4 Å². The van der Waals surface area contributed by atoms with Crippen LogP contribution in [-0.4, -0.2) is 34.0 Å². The number of benzene rings is 1. The average molecular weight is 381 g/mol. The second kappa shape index (κ2) is 7.67. The van der Waals surface area contributed by atoms with E-state index in [4.69, 9.17) is 9.84 Å². The molecule has 1 amide bonds. The molecule has 0 bridgehead atoms. The van der Waals surface area contributed by atoms with Gasteiger partial charge in [0.05, 0.1) is 35.4 Å². The van der Waals surface area contributed by atoms with Gasteiger partial charge >= 0.3 is 5.97 Å². The number of carboxylic acid groups (broad SMARTS) is 1. The number of nitrogens with one attached hydrogen (secondary N) is 2. The number of methoxy groups -OCH3 is 1. The van der Waals surface area contributed by atoms with E-state index < -0.39 is 16.8 Å². The van der Waals surface area contributed by atoms with Crippen molar-refractivity contribution in [3.05, 3.63) is 51.3 Å². The maximum absolute atomic E-state index is 12.5. The van der Waals surface area contributed by atoms with Gasteiger partial charge in [0.1, 0.15) is 11.3 Å². The number of nitrogens with zero attached hydrogens (tertiary/aromatic N) is 1. The molecule has 0 aliphatic carbocycles. The number of fused-ring (bicyclic) bond motifs is 1. The summed E-state index contributed by atoms with van der Waals surface area (Å²) in [4.78, 5) is 36.9. The number of carboxylic acids is 1. The van der Waals surface area contributed by atoms with Crippen LogP contribution in [0.25, 0.3) is 11.6 Å². The number of carbonyl (C=O) groups excluding carboxylic acids is 1. The van der Waals surface area contributed by atoms with Crippen LogP contribution in [0.1, 0.15) is 29.7 Å². The van der Waals surface area contributed by atoms with Gasteiger partial charge in [0.2, 0.25) is 0 Å². The number of aromatic amines is 1. The first-order valence-corrected chi connectivity index (χ1v) is 8.19. The van der Waals surface area contributed by atoms with E-state index in [1.165, 1.54) is 25.3 Å². The lowest BCUT2D eigenvalue weighted by molar-refractivity contribution is -0.385. The van der Waals surface area contributed by atoms with Crippen molar-refractivity contribution in [2.75, 3.05) is 12.4 Å². The molecule has 2 aromatic rings. The number of H-pyrrole nitrogens is 1. The van der Waals surface area contributed by atoms with E-state index in [2.05, 4.69) is 22.1 Å². The minimum Gasteiger partial charge on any atom is -0.495 e. The molecule has 9 heteroatoms. The third kappa shape index (κ3) is 3.57. The summed E-state index contributed by atoms with van der Waals surface area (Å²) in [5.74, 6) is 4.38. The average Bonchev–Trinajstić information content (AvgIpc) is 3.22. The van der Waals surface area contributed by atoms with Crippen LogP contribution in [0.3, 0.4) is 0 Å². The summed E-state index contributed by atoms with van der Waals surface area (Å²) in [6.45, 7) is 0. The van der Waals surface area contributed by atoms with Crippen LogP contribution in [0.5, 0.6) is 5.75 Å². The van der Waals surface area contributed by atoms with Gasteiger partial charge < -0.3 is 20.1 Å². The first-order valence-electron chi connectivity index (χ1n) is 8.19. The number of hydrogen-bond acceptors (Lipinski definition) is 5. The summed E-state index contributed by atoms with van der Waals surface area (Å²) >= 11 is 0. The molecule has 2 heterocycles. The molecule has 1 aromatic carbocycles. The topological polar surface area (TPSA) is 135 Å². The van der Waals surface area contributed by atoms with Gasteiger partial charge in [-0.05, 0) is 18.2 Å². The van der Waals surface area contributed by atoms with Gasteiger partial charge in [-0.3, -0.25) is 19.7 Å². The van der Waals surface area contributed by atoms with Crippen molar-refractivity contribution in [3.8, 4) is 17.6 Å². The lowest BCUT2D eigenvalue weighted by Gasteiger charge is -2.04. The van der Waals surface area contributed by atoms with Crippen LogP contribution >= 0.6 is 0 Å². The number of aliphatic carboxylic acids is 1. The zero-order valence-corrected chi connectivity index (χ0v) is 14.7. The van der Waals surface area contributed by atoms with Crippen molar-refractivity contribution in [1.82, 2.24) is 4.98 Å². The summed E-state index contributed by atoms with van der Waals surface area (Å²) < 4.78 is 5.21. The normalized spacial score (nSPS) is 13.5. The van der Waals surface area contributed by atoms with E-state index in [9.17, 15) is 19.7 Å². The monoisotopic (exact) mass is 381 g/mol. The van der Waals surface area contributed by atoms with Gasteiger partial charge in [-0.25, -0.2) is 0 Å². The number of carbonyl (C=O) groups is 2. The molecule has 3 rings (SSSR count). The highest BCUT2D eigenvalue weighted by Gasteiger charge is 2.31. The number of hydrogen-bond donors (Lipinski definition) is 3. The molecule has 0 spiro atoms. The summed E-state index contributed by atoms with van der Waals surface area (Å²) in [5, 5.41) is 22.9. The van der Waals surface area contributed by atoms with Crippen molar-refractivity contribution in [3.63, 3.8) is 0 Å². The quantitative estimate of drug-likeness (QED) is 0.315. The highest BCUT2D eigenvalue weighted by molar-refractivity contribution is 6.35. The van der Waals surface area contributed by atoms with Crippen molar-refractivity contribution in [1.29, 1.82) is 0 Å². The molecule has 0 atom stereocenters. The summed E-state index contributed by atoms with van der Waals surface area (Å²) in [6, 6.07) is 4.39. The fourth-order valence-electron chi connectivity index (χ4n) is 2.82. The van der Waals surface area contributed by atoms with Crippen molar-refractivity contribution in [2.45, 2.75) is 12.8 Å². The first kappa shape index (κ1) is 18.7. The summed E-state index contributed by atoms with van der Waals surface area (Å²) in [6.07, 6.45) is 3.02. The molecule has 1 aliphatic rings. The second-order valence-electron chi connectivity index (χ2n) is 5.81. The summed E-state index contributed by atoms with van der Waals surface area (Å²) in [5.41, 5.74) is 1.22. The highest BCUT2D eigenvalue weighted by Crippen LogP contribution is 2.40. The number of nitro groups is 1. The van der Waals surface area contributed by atoms with Crippen molar-refractivity contribution >= 4 is 34.9 Å². The fraction of sp³-hybridized carbons (Fsp3) is 0.158. The van der Waals surface area contributed by atoms with E-state index in [0.717, 1.165) is 0 Å². The van der Waals surface area contributed by atoms with E-state index in [0.29, 0.717) is 22.7 Å². The Hall–Kier alpha value is -4.06. The second-order valence-corrected chi connectivity index (χ2v) is 5.81. The van der Waals surface area contributed by atoms with Gasteiger partial charge in [0.15, 0.2) is 0 Å². The zero-order chi connectivity index (χ0) is 20.3. The van der Waals surface area contributed by atoms with Crippen LogP contribution in [-0.2, 0) is 9.59 Å². The number of aromatic nitrogens is 1. The Balaban J connectivity index is 2.15. The van der Waals surface area contributed by atoms with E-state index in [1.54, 1.807) is 12.3 Å². The maximum Gasteiger partial charge on any atom is 0.304 e. The molecule has 0 radical (unpaired) electrons. The number of amides is 1. The van der Waals surface area contributed by atoms with Crippen LogP contribution in [0.15, 0.2) is 24.4 Å². The predicted molar refractivity (Wildman–Crippen MR) is 101 cm³/mol. The zero-order valence-electron chi connectivity index (χ0n) is 14.7. The Bertz CT molecular complexity index is 1070. The molecule has 1 aliphatic heterocycles. The molecule has 0 saturated heterocycles. The molecular formula is C19H15N3O6. The van der Waals surface area contributed by atoms with Crippen LogP contribution < -0.4 is 10.1 Å². The van der Waals surface area contributed by atoms with Gasteiger partial charge in [-0.2, -0.15) is 0 Å². The highest BCUT2D eigenvalue weighted by atomic mass is 16.6. The van der Waals surface area contributed by atoms with E-state index in [1.807, 2.05) is 0 Å². The van der Waals surface area contributed by atoms with Crippen molar-refractivity contribution in [2.24, 2.45) is 0 Å². The smallest absolute Gasteiger partial charge is 0.304 e. The molecular weight excluding hydrogens is 366 g/mol. The van der Waals surface area contributed by atoms with E-state index in [-0.39, 0.29) is 29.7 Å². The Labute approximate surface area is 159 Å². The van der Waals surface area contributed by atoms with Gasteiger partial charge in [-0.15, -0.1) is 0 Å². The number of nitro benzene ring substituents is 1. The lowest BCUT2D eigenvalue weighted by atomic mass is 9.98. The minimum absolute atomic E-state index is 0.0288.